The summed E-state index contributed by atoms with van der Waals surface area (Å²) in [6.07, 6.45) is 2.06. The number of aromatic nitrogens is 3. The van der Waals surface area contributed by atoms with Gasteiger partial charge in [-0.3, -0.25) is 0 Å². The van der Waals surface area contributed by atoms with Crippen molar-refractivity contribution in [1.82, 2.24) is 14.6 Å². The molecule has 1 aliphatic rings. The van der Waals surface area contributed by atoms with Crippen LogP contribution in [0.15, 0.2) is 164 Å². The molecular formula is C43H30N3OP. The minimum Gasteiger partial charge on any atom is -0.314 e. The van der Waals surface area contributed by atoms with Gasteiger partial charge in [-0.05, 0) is 51.7 Å². The molecule has 0 spiro atoms. The van der Waals surface area contributed by atoms with Crippen molar-refractivity contribution >= 4 is 23.4 Å². The normalized spacial score (nSPS) is 14.9. The van der Waals surface area contributed by atoms with E-state index in [2.05, 4.69) is 121 Å². The van der Waals surface area contributed by atoms with E-state index >= 15 is 0 Å². The van der Waals surface area contributed by atoms with Crippen LogP contribution in [0.2, 0.25) is 0 Å². The largest absolute Gasteiger partial charge is 0.314 e. The summed E-state index contributed by atoms with van der Waals surface area (Å²) in [7, 11) is -2.62. The SMILES string of the molecule is CP1(=O)c2ccccc2-c2c(-c3ccc(-c4ccc(-c5nc6c(-c7ccccc7)cc(-c7ccccc7)cn6n5)cc4)cc3)cccc21. The smallest absolute Gasteiger partial charge is 0.182 e. The molecule has 0 N–H and O–H groups in total. The molecule has 6 aromatic carbocycles. The Kier molecular flexibility index (Phi) is 6.60. The van der Waals surface area contributed by atoms with Crippen molar-refractivity contribution in [1.29, 1.82) is 0 Å². The third kappa shape index (κ3) is 4.65. The highest BCUT2D eigenvalue weighted by Gasteiger charge is 2.35. The van der Waals surface area contributed by atoms with E-state index in [1.165, 1.54) is 0 Å². The molecule has 0 saturated carbocycles. The van der Waals surface area contributed by atoms with Crippen LogP contribution >= 0.6 is 7.14 Å². The van der Waals surface area contributed by atoms with Crippen molar-refractivity contribution < 1.29 is 4.57 Å². The molecule has 0 fully saturated rings. The van der Waals surface area contributed by atoms with Gasteiger partial charge in [0, 0.05) is 39.1 Å². The lowest BCUT2D eigenvalue weighted by Gasteiger charge is -2.12. The number of nitrogens with zero attached hydrogens (tertiary/aromatic N) is 3. The Labute approximate surface area is 279 Å². The maximum absolute atomic E-state index is 13.8. The second-order valence-electron chi connectivity index (χ2n) is 12.4. The Bertz CT molecular complexity index is 2520. The second kappa shape index (κ2) is 11.2. The van der Waals surface area contributed by atoms with Crippen LogP contribution in [0.25, 0.3) is 72.7 Å². The Morgan fingerprint density at radius 3 is 1.71 bits per heavy atom. The van der Waals surface area contributed by atoms with E-state index in [1.807, 2.05) is 53.6 Å². The van der Waals surface area contributed by atoms with Crippen LogP contribution in [0.4, 0.5) is 0 Å². The highest BCUT2D eigenvalue weighted by molar-refractivity contribution is 7.79. The molecule has 0 bridgehead atoms. The number of fused-ring (bicyclic) bond motifs is 4. The monoisotopic (exact) mass is 635 g/mol. The first-order valence-corrected chi connectivity index (χ1v) is 18.2. The van der Waals surface area contributed by atoms with Crippen LogP contribution in [0, 0.1) is 0 Å². The van der Waals surface area contributed by atoms with E-state index in [9.17, 15) is 4.57 Å². The first-order chi connectivity index (χ1) is 23.5. The van der Waals surface area contributed by atoms with Gasteiger partial charge in [0.1, 0.15) is 7.14 Å². The fraction of sp³-hybridized carbons (Fsp3) is 0.0233. The van der Waals surface area contributed by atoms with Crippen molar-refractivity contribution in [3.63, 3.8) is 0 Å². The minimum atomic E-state index is -2.62. The molecule has 3 heterocycles. The molecule has 4 nitrogen and oxygen atoms in total. The lowest BCUT2D eigenvalue weighted by molar-refractivity contribution is 0.591. The summed E-state index contributed by atoms with van der Waals surface area (Å²) in [6, 6.07) is 54.4. The predicted molar refractivity (Wildman–Crippen MR) is 198 cm³/mol. The Morgan fingerprint density at radius 2 is 1.00 bits per heavy atom. The molecular weight excluding hydrogens is 605 g/mol. The Balaban J connectivity index is 1.05. The third-order valence-electron chi connectivity index (χ3n) is 9.43. The van der Waals surface area contributed by atoms with Crippen molar-refractivity contribution in [2.75, 3.05) is 6.66 Å². The number of benzene rings is 6. The average Bonchev–Trinajstić information content (AvgIpc) is 3.69. The van der Waals surface area contributed by atoms with Crippen LogP contribution in [0.5, 0.6) is 0 Å². The number of hydrogen-bond acceptors (Lipinski definition) is 3. The van der Waals surface area contributed by atoms with E-state index in [0.717, 1.165) is 77.5 Å². The van der Waals surface area contributed by atoms with Crippen LogP contribution in [-0.4, -0.2) is 21.3 Å². The molecule has 8 aromatic rings. The molecule has 9 rings (SSSR count). The van der Waals surface area contributed by atoms with Crippen LogP contribution in [0.3, 0.4) is 0 Å². The third-order valence-corrected chi connectivity index (χ3v) is 12.0. The maximum atomic E-state index is 13.8. The number of hydrogen-bond donors (Lipinski definition) is 0. The van der Waals surface area contributed by atoms with E-state index in [1.54, 1.807) is 0 Å². The van der Waals surface area contributed by atoms with Crippen LogP contribution in [0.1, 0.15) is 0 Å². The standard InChI is InChI=1S/C43H30N3OP/c1-48(47)39-17-9-8-15-37(39)41-36(16-10-18-40(41)48)33-23-19-30(20-24-33)31-21-25-34(26-22-31)42-44-43-38(32-13-6-3-7-14-32)27-35(28-46(43)45-42)29-11-4-2-5-12-29/h2-28H,1H3. The maximum Gasteiger partial charge on any atom is 0.182 e. The summed E-state index contributed by atoms with van der Waals surface area (Å²) in [4.78, 5) is 5.03. The molecule has 2 aromatic heterocycles. The summed E-state index contributed by atoms with van der Waals surface area (Å²) in [5, 5.41) is 6.85. The molecule has 1 unspecified atom stereocenters. The van der Waals surface area contributed by atoms with Crippen molar-refractivity contribution in [2.45, 2.75) is 0 Å². The van der Waals surface area contributed by atoms with Crippen LogP contribution < -0.4 is 10.6 Å². The van der Waals surface area contributed by atoms with Gasteiger partial charge in [0.05, 0.1) is 0 Å². The van der Waals surface area contributed by atoms with E-state index < -0.39 is 7.14 Å². The van der Waals surface area contributed by atoms with Gasteiger partial charge in [0.25, 0.3) is 0 Å². The van der Waals surface area contributed by atoms with Crippen LogP contribution in [-0.2, 0) is 4.57 Å². The van der Waals surface area contributed by atoms with Crippen molar-refractivity contribution in [3.8, 4) is 67.0 Å². The van der Waals surface area contributed by atoms with Gasteiger partial charge < -0.3 is 4.57 Å². The van der Waals surface area contributed by atoms with Gasteiger partial charge in [0.15, 0.2) is 11.5 Å². The predicted octanol–water partition coefficient (Wildman–Crippen LogP) is 9.99. The molecule has 228 valence electrons. The number of rotatable bonds is 5. The fourth-order valence-corrected chi connectivity index (χ4v) is 9.30. The molecule has 0 aliphatic carbocycles. The summed E-state index contributed by atoms with van der Waals surface area (Å²) in [5.74, 6) is 0.686. The van der Waals surface area contributed by atoms with Crippen molar-refractivity contribution in [3.05, 3.63) is 164 Å². The van der Waals surface area contributed by atoms with Gasteiger partial charge in [0.2, 0.25) is 0 Å². The zero-order valence-electron chi connectivity index (χ0n) is 26.3. The van der Waals surface area contributed by atoms with Crippen molar-refractivity contribution in [2.24, 2.45) is 0 Å². The van der Waals surface area contributed by atoms with Gasteiger partial charge in [-0.25, -0.2) is 9.50 Å². The lowest BCUT2D eigenvalue weighted by atomic mass is 9.93. The number of pyridine rings is 1. The molecule has 1 aliphatic heterocycles. The average molecular weight is 636 g/mol. The first-order valence-electron chi connectivity index (χ1n) is 16.1. The highest BCUT2D eigenvalue weighted by Crippen LogP contribution is 2.52. The molecule has 0 amide bonds. The summed E-state index contributed by atoms with van der Waals surface area (Å²) < 4.78 is 15.7. The zero-order chi connectivity index (χ0) is 32.2. The zero-order valence-corrected chi connectivity index (χ0v) is 27.2. The van der Waals surface area contributed by atoms with Gasteiger partial charge in [-0.2, -0.15) is 0 Å². The Hall–Kier alpha value is -5.83. The summed E-state index contributed by atoms with van der Waals surface area (Å²) in [5.41, 5.74) is 12.8. The Morgan fingerprint density at radius 1 is 0.479 bits per heavy atom. The van der Waals surface area contributed by atoms with E-state index in [0.29, 0.717) is 5.82 Å². The lowest BCUT2D eigenvalue weighted by Crippen LogP contribution is -2.07. The molecule has 0 radical (unpaired) electrons. The first kappa shape index (κ1) is 28.4. The van der Waals surface area contributed by atoms with Gasteiger partial charge >= 0.3 is 0 Å². The van der Waals surface area contributed by atoms with E-state index in [-0.39, 0.29) is 0 Å². The molecule has 48 heavy (non-hydrogen) atoms. The fourth-order valence-electron chi connectivity index (χ4n) is 6.99. The highest BCUT2D eigenvalue weighted by atomic mass is 31.2. The summed E-state index contributed by atoms with van der Waals surface area (Å²) >= 11 is 0. The quantitative estimate of drug-likeness (QED) is 0.177. The van der Waals surface area contributed by atoms with E-state index in [4.69, 9.17) is 10.1 Å². The summed E-state index contributed by atoms with van der Waals surface area (Å²) in [6.45, 7) is 1.89. The molecule has 5 heteroatoms. The second-order valence-corrected chi connectivity index (χ2v) is 15.2. The van der Waals surface area contributed by atoms with Gasteiger partial charge in [-0.1, -0.05) is 152 Å². The molecule has 0 saturated heterocycles. The topological polar surface area (TPSA) is 47.3 Å². The van der Waals surface area contributed by atoms with Gasteiger partial charge in [-0.15, -0.1) is 5.10 Å². The molecule has 1 atom stereocenters. The minimum absolute atomic E-state index is 0.686.